The third-order valence-corrected chi connectivity index (χ3v) is 3.34. The van der Waals surface area contributed by atoms with Crippen molar-refractivity contribution in [2.24, 2.45) is 0 Å². The van der Waals surface area contributed by atoms with Crippen LogP contribution in [0.25, 0.3) is 0 Å². The van der Waals surface area contributed by atoms with Gasteiger partial charge in [0.1, 0.15) is 6.04 Å². The van der Waals surface area contributed by atoms with Gasteiger partial charge in [-0.2, -0.15) is 13.2 Å². The molecule has 1 unspecified atom stereocenters. The Morgan fingerprint density at radius 3 is 2.52 bits per heavy atom. The fourth-order valence-corrected chi connectivity index (χ4v) is 2.25. The smallest absolute Gasteiger partial charge is 0.340 e. The van der Waals surface area contributed by atoms with E-state index >= 15 is 0 Å². The number of hydrogen-bond donors (Lipinski definition) is 1. The number of anilines is 1. The summed E-state index contributed by atoms with van der Waals surface area (Å²) in [7, 11) is 0. The zero-order valence-corrected chi connectivity index (χ0v) is 11.4. The van der Waals surface area contributed by atoms with E-state index in [1.54, 1.807) is 19.1 Å². The Balaban J connectivity index is 2.39. The molecular weight excluding hydrogens is 285 g/mol. The first-order valence-corrected chi connectivity index (χ1v) is 6.61. The Hall–Kier alpha value is -2.05. The highest BCUT2D eigenvalue weighted by Crippen LogP contribution is 2.27. The molecule has 4 nitrogen and oxygen atoms in total. The lowest BCUT2D eigenvalue weighted by atomic mass is 10.1. The Bertz CT molecular complexity index is 557. The van der Waals surface area contributed by atoms with Gasteiger partial charge in [0, 0.05) is 6.54 Å². The largest absolute Gasteiger partial charge is 0.390 e. The molecule has 1 aromatic carbocycles. The summed E-state index contributed by atoms with van der Waals surface area (Å²) in [6, 6.07) is 5.37. The molecule has 1 aromatic rings. The number of alkyl halides is 3. The monoisotopic (exact) mass is 300 g/mol. The van der Waals surface area contributed by atoms with Gasteiger partial charge in [0.05, 0.1) is 17.7 Å². The third-order valence-electron chi connectivity index (χ3n) is 3.34. The fraction of sp³-hybridized carbons (Fsp3) is 0.429. The van der Waals surface area contributed by atoms with E-state index in [0.717, 1.165) is 4.90 Å². The van der Waals surface area contributed by atoms with Crippen molar-refractivity contribution in [1.82, 2.24) is 5.32 Å². The molecule has 0 bridgehead atoms. The maximum Gasteiger partial charge on any atom is 0.390 e. The number of carbonyl (C=O) groups excluding carboxylic acids is 2. The average Bonchev–Trinajstić information content (AvgIpc) is 2.52. The van der Waals surface area contributed by atoms with Gasteiger partial charge in [-0.15, -0.1) is 0 Å². The molecule has 0 radical (unpaired) electrons. The van der Waals surface area contributed by atoms with Crippen LogP contribution in [0.15, 0.2) is 24.3 Å². The van der Waals surface area contributed by atoms with Crippen molar-refractivity contribution in [2.45, 2.75) is 32.0 Å². The van der Waals surface area contributed by atoms with Gasteiger partial charge in [-0.1, -0.05) is 19.1 Å². The summed E-state index contributed by atoms with van der Waals surface area (Å²) in [6.07, 6.45) is -5.15. The molecule has 0 saturated heterocycles. The predicted octanol–water partition coefficient (Wildman–Crippen LogP) is 2.49. The predicted molar refractivity (Wildman–Crippen MR) is 71.0 cm³/mol. The summed E-state index contributed by atoms with van der Waals surface area (Å²) in [5.41, 5.74) is 0.434. The van der Waals surface area contributed by atoms with Crippen LogP contribution in [0.2, 0.25) is 0 Å². The first-order chi connectivity index (χ1) is 9.83. The number of halogens is 3. The minimum absolute atomic E-state index is 0.212. The van der Waals surface area contributed by atoms with Crippen LogP contribution in [-0.4, -0.2) is 30.6 Å². The minimum Gasteiger partial charge on any atom is -0.340 e. The molecule has 0 aliphatic carbocycles. The van der Waals surface area contributed by atoms with Crippen LogP contribution in [0.5, 0.6) is 0 Å². The second kappa shape index (κ2) is 5.75. The number of fused-ring (bicyclic) bond motifs is 1. The zero-order valence-electron chi connectivity index (χ0n) is 11.4. The highest BCUT2D eigenvalue weighted by Gasteiger charge is 2.35. The van der Waals surface area contributed by atoms with E-state index in [1.807, 2.05) is 0 Å². The van der Waals surface area contributed by atoms with E-state index < -0.39 is 37.0 Å². The zero-order chi connectivity index (χ0) is 15.6. The minimum atomic E-state index is -4.36. The first-order valence-electron chi connectivity index (χ1n) is 6.61. The number of rotatable bonds is 3. The molecule has 1 N–H and O–H groups in total. The molecule has 114 valence electrons. The van der Waals surface area contributed by atoms with E-state index in [4.69, 9.17) is 0 Å². The van der Waals surface area contributed by atoms with Crippen LogP contribution >= 0.6 is 0 Å². The lowest BCUT2D eigenvalue weighted by Crippen LogP contribution is -2.46. The topological polar surface area (TPSA) is 49.4 Å². The second-order valence-electron chi connectivity index (χ2n) is 4.81. The molecule has 1 heterocycles. The van der Waals surface area contributed by atoms with Crippen molar-refractivity contribution in [1.29, 1.82) is 0 Å². The highest BCUT2D eigenvalue weighted by atomic mass is 19.4. The maximum absolute atomic E-state index is 12.5. The van der Waals surface area contributed by atoms with Gasteiger partial charge in [0.2, 0.25) is 5.91 Å². The molecule has 21 heavy (non-hydrogen) atoms. The molecular formula is C14H15F3N2O2. The lowest BCUT2D eigenvalue weighted by molar-refractivity contribution is -0.134. The number of nitrogens with zero attached hydrogens (tertiary/aromatic N) is 1. The van der Waals surface area contributed by atoms with Gasteiger partial charge < -0.3 is 10.2 Å². The van der Waals surface area contributed by atoms with Crippen LogP contribution in [0.1, 0.15) is 30.1 Å². The first kappa shape index (κ1) is 15.3. The summed E-state index contributed by atoms with van der Waals surface area (Å²) >= 11 is 0. The van der Waals surface area contributed by atoms with E-state index in [2.05, 4.69) is 5.32 Å². The van der Waals surface area contributed by atoms with Crippen LogP contribution in [0.4, 0.5) is 18.9 Å². The van der Waals surface area contributed by atoms with Gasteiger partial charge in [-0.3, -0.25) is 9.59 Å². The fourth-order valence-electron chi connectivity index (χ4n) is 2.25. The van der Waals surface area contributed by atoms with E-state index in [0.29, 0.717) is 6.42 Å². The van der Waals surface area contributed by atoms with E-state index in [-0.39, 0.29) is 11.3 Å². The van der Waals surface area contributed by atoms with Crippen LogP contribution in [0.3, 0.4) is 0 Å². The summed E-state index contributed by atoms with van der Waals surface area (Å²) in [4.78, 5) is 25.5. The number of para-hydroxylation sites is 1. The number of carbonyl (C=O) groups is 2. The van der Waals surface area contributed by atoms with Gasteiger partial charge in [-0.25, -0.2) is 0 Å². The second-order valence-corrected chi connectivity index (χ2v) is 4.81. The number of benzene rings is 1. The van der Waals surface area contributed by atoms with Gasteiger partial charge in [0.25, 0.3) is 5.91 Å². The molecule has 7 heteroatoms. The number of nitrogens with one attached hydrogen (secondary N) is 1. The van der Waals surface area contributed by atoms with Gasteiger partial charge >= 0.3 is 6.18 Å². The molecule has 1 aliphatic rings. The Kier molecular flexibility index (Phi) is 4.20. The quantitative estimate of drug-likeness (QED) is 0.932. The Labute approximate surface area is 119 Å². The molecule has 0 fully saturated rings. The van der Waals surface area contributed by atoms with Crippen molar-refractivity contribution in [3.63, 3.8) is 0 Å². The average molecular weight is 300 g/mol. The van der Waals surface area contributed by atoms with Crippen LogP contribution in [-0.2, 0) is 4.79 Å². The molecule has 1 atom stereocenters. The molecule has 2 amide bonds. The van der Waals surface area contributed by atoms with Crippen LogP contribution in [0, 0.1) is 0 Å². The van der Waals surface area contributed by atoms with E-state index in [9.17, 15) is 22.8 Å². The standard InChI is InChI=1S/C14H15F3N2O2/c1-2-10-13(21)19(8-7-14(15,16)17)11-6-4-3-5-9(11)12(20)18-10/h3-6,10H,2,7-8H2,1H3,(H,18,20). The third kappa shape index (κ3) is 3.34. The van der Waals surface area contributed by atoms with Crippen molar-refractivity contribution in [3.05, 3.63) is 29.8 Å². The Morgan fingerprint density at radius 2 is 1.90 bits per heavy atom. The van der Waals surface area contributed by atoms with Crippen molar-refractivity contribution >= 4 is 17.5 Å². The normalized spacial score (nSPS) is 19.0. The van der Waals surface area contributed by atoms with Gasteiger partial charge in [0.15, 0.2) is 0 Å². The van der Waals surface area contributed by atoms with Crippen LogP contribution < -0.4 is 10.2 Å². The number of amides is 2. The van der Waals surface area contributed by atoms with Crippen molar-refractivity contribution in [3.8, 4) is 0 Å². The highest BCUT2D eigenvalue weighted by molar-refractivity contribution is 6.10. The number of hydrogen-bond acceptors (Lipinski definition) is 2. The maximum atomic E-state index is 12.5. The summed E-state index contributed by atoms with van der Waals surface area (Å²) in [5, 5.41) is 2.55. The molecule has 0 spiro atoms. The van der Waals surface area contributed by atoms with Crippen molar-refractivity contribution in [2.75, 3.05) is 11.4 Å². The Morgan fingerprint density at radius 1 is 1.24 bits per heavy atom. The summed E-state index contributed by atoms with van der Waals surface area (Å²) in [5.74, 6) is -0.958. The summed E-state index contributed by atoms with van der Waals surface area (Å²) in [6.45, 7) is 1.20. The molecule has 1 aliphatic heterocycles. The summed E-state index contributed by atoms with van der Waals surface area (Å²) < 4.78 is 37.4. The molecule has 0 aromatic heterocycles. The van der Waals surface area contributed by atoms with E-state index in [1.165, 1.54) is 12.1 Å². The van der Waals surface area contributed by atoms with Crippen molar-refractivity contribution < 1.29 is 22.8 Å². The SMILES string of the molecule is CCC1NC(=O)c2ccccc2N(CCC(F)(F)F)C1=O. The van der Waals surface area contributed by atoms with Gasteiger partial charge in [-0.05, 0) is 18.6 Å². The molecule has 2 rings (SSSR count). The lowest BCUT2D eigenvalue weighted by Gasteiger charge is -2.25. The molecule has 0 saturated carbocycles.